The van der Waals surface area contributed by atoms with Crippen molar-refractivity contribution in [2.45, 2.75) is 38.1 Å². The van der Waals surface area contributed by atoms with Gasteiger partial charge in [-0.15, -0.1) is 0 Å². The summed E-state index contributed by atoms with van der Waals surface area (Å²) in [7, 11) is 0. The van der Waals surface area contributed by atoms with Gasteiger partial charge in [0, 0.05) is 44.1 Å². The van der Waals surface area contributed by atoms with Crippen molar-refractivity contribution in [1.29, 1.82) is 0 Å². The van der Waals surface area contributed by atoms with Gasteiger partial charge in [-0.05, 0) is 61.8 Å². The molecule has 1 aromatic carbocycles. The second-order valence-electron chi connectivity index (χ2n) is 7.57. The van der Waals surface area contributed by atoms with Gasteiger partial charge >= 0.3 is 0 Å². The Morgan fingerprint density at radius 3 is 2.73 bits per heavy atom. The fourth-order valence-electron chi connectivity index (χ4n) is 4.31. The number of piperidine rings is 1. The standard InChI is InChI=1S/C21H28N4O/c26-21(20-5-2-1-4-19(20)18-6-11-22-16-18)24-13-7-17(8-14-24)9-15-25-12-3-10-23-25/h1-5,10,12,17-18,22H,6-9,11,13-16H2/t18-/m1/s1. The van der Waals surface area contributed by atoms with Crippen LogP contribution in [0.1, 0.15) is 47.5 Å². The van der Waals surface area contributed by atoms with Crippen LogP contribution in [0.4, 0.5) is 0 Å². The van der Waals surface area contributed by atoms with E-state index in [9.17, 15) is 4.79 Å². The van der Waals surface area contributed by atoms with Gasteiger partial charge in [0.25, 0.3) is 5.91 Å². The van der Waals surface area contributed by atoms with E-state index in [1.165, 1.54) is 5.56 Å². The summed E-state index contributed by atoms with van der Waals surface area (Å²) in [6.45, 7) is 4.76. The maximum absolute atomic E-state index is 13.1. The van der Waals surface area contributed by atoms with Gasteiger partial charge in [0.15, 0.2) is 0 Å². The quantitative estimate of drug-likeness (QED) is 0.900. The number of likely N-dealkylation sites (tertiary alicyclic amines) is 1. The van der Waals surface area contributed by atoms with E-state index in [1.807, 2.05) is 35.3 Å². The maximum Gasteiger partial charge on any atom is 0.254 e. The van der Waals surface area contributed by atoms with Crippen molar-refractivity contribution < 1.29 is 4.79 Å². The fraction of sp³-hybridized carbons (Fsp3) is 0.524. The summed E-state index contributed by atoms with van der Waals surface area (Å²) >= 11 is 0. The van der Waals surface area contributed by atoms with E-state index >= 15 is 0 Å². The van der Waals surface area contributed by atoms with Gasteiger partial charge in [-0.3, -0.25) is 9.48 Å². The second kappa shape index (κ2) is 8.04. The minimum Gasteiger partial charge on any atom is -0.339 e. The monoisotopic (exact) mass is 352 g/mol. The van der Waals surface area contributed by atoms with Crippen molar-refractivity contribution in [3.63, 3.8) is 0 Å². The molecule has 2 aliphatic heterocycles. The number of carbonyl (C=O) groups excluding carboxylic acids is 1. The third-order valence-electron chi connectivity index (χ3n) is 5.92. The van der Waals surface area contributed by atoms with E-state index in [4.69, 9.17) is 0 Å². The predicted octanol–water partition coefficient (Wildman–Crippen LogP) is 2.90. The van der Waals surface area contributed by atoms with Crippen LogP contribution in [0, 0.1) is 5.92 Å². The molecule has 0 aliphatic carbocycles. The third kappa shape index (κ3) is 3.83. The van der Waals surface area contributed by atoms with Gasteiger partial charge in [0.1, 0.15) is 0 Å². The van der Waals surface area contributed by atoms with Crippen LogP contribution >= 0.6 is 0 Å². The lowest BCUT2D eigenvalue weighted by Crippen LogP contribution is -2.39. The van der Waals surface area contributed by atoms with Crippen LogP contribution in [-0.2, 0) is 6.54 Å². The summed E-state index contributed by atoms with van der Waals surface area (Å²) in [5.74, 6) is 1.39. The molecule has 1 N–H and O–H groups in total. The molecule has 0 saturated carbocycles. The number of nitrogens with one attached hydrogen (secondary N) is 1. The van der Waals surface area contributed by atoms with Crippen molar-refractivity contribution in [2.24, 2.45) is 5.92 Å². The van der Waals surface area contributed by atoms with E-state index in [0.717, 1.165) is 64.0 Å². The van der Waals surface area contributed by atoms with Gasteiger partial charge < -0.3 is 10.2 Å². The highest BCUT2D eigenvalue weighted by Gasteiger charge is 2.27. The second-order valence-corrected chi connectivity index (χ2v) is 7.57. The number of carbonyl (C=O) groups is 1. The predicted molar refractivity (Wildman–Crippen MR) is 102 cm³/mol. The molecule has 2 aliphatic rings. The van der Waals surface area contributed by atoms with Crippen LogP contribution in [0.3, 0.4) is 0 Å². The molecule has 3 heterocycles. The number of hydrogen-bond acceptors (Lipinski definition) is 3. The molecule has 2 saturated heterocycles. The van der Waals surface area contributed by atoms with Crippen molar-refractivity contribution in [3.8, 4) is 0 Å². The Hall–Kier alpha value is -2.14. The number of aryl methyl sites for hydroxylation is 1. The van der Waals surface area contributed by atoms with Crippen molar-refractivity contribution in [2.75, 3.05) is 26.2 Å². The number of nitrogens with zero attached hydrogens (tertiary/aromatic N) is 3. The first kappa shape index (κ1) is 17.3. The molecule has 0 radical (unpaired) electrons. The van der Waals surface area contributed by atoms with E-state index < -0.39 is 0 Å². The molecule has 2 aromatic rings. The molecule has 26 heavy (non-hydrogen) atoms. The summed E-state index contributed by atoms with van der Waals surface area (Å²) in [6.07, 6.45) is 8.32. The van der Waals surface area contributed by atoms with E-state index in [1.54, 1.807) is 0 Å². The first-order valence-electron chi connectivity index (χ1n) is 9.87. The van der Waals surface area contributed by atoms with Crippen molar-refractivity contribution in [1.82, 2.24) is 20.0 Å². The van der Waals surface area contributed by atoms with Crippen LogP contribution < -0.4 is 5.32 Å². The Morgan fingerprint density at radius 1 is 1.15 bits per heavy atom. The molecule has 0 spiro atoms. The minimum absolute atomic E-state index is 0.220. The number of benzene rings is 1. The number of amides is 1. The molecule has 1 amide bonds. The lowest BCUT2D eigenvalue weighted by Gasteiger charge is -2.33. The van der Waals surface area contributed by atoms with Crippen LogP contribution in [0.5, 0.6) is 0 Å². The third-order valence-corrected chi connectivity index (χ3v) is 5.92. The van der Waals surface area contributed by atoms with Gasteiger partial charge in [-0.25, -0.2) is 0 Å². The number of hydrogen-bond donors (Lipinski definition) is 1. The van der Waals surface area contributed by atoms with Crippen LogP contribution in [0.25, 0.3) is 0 Å². The number of rotatable bonds is 5. The van der Waals surface area contributed by atoms with Crippen molar-refractivity contribution in [3.05, 3.63) is 53.9 Å². The Bertz CT molecular complexity index is 713. The first-order valence-corrected chi connectivity index (χ1v) is 9.87. The molecule has 0 unspecified atom stereocenters. The Morgan fingerprint density at radius 2 is 2.00 bits per heavy atom. The molecule has 0 bridgehead atoms. The molecule has 4 rings (SSSR count). The molecule has 1 atom stereocenters. The smallest absolute Gasteiger partial charge is 0.254 e. The normalized spacial score (nSPS) is 21.2. The molecular weight excluding hydrogens is 324 g/mol. The van der Waals surface area contributed by atoms with Crippen molar-refractivity contribution >= 4 is 5.91 Å². The SMILES string of the molecule is O=C(c1ccccc1[C@@H]1CCNC1)N1CCC(CCn2cccn2)CC1. The molecular formula is C21H28N4O. The first-order chi connectivity index (χ1) is 12.8. The Balaban J connectivity index is 1.35. The maximum atomic E-state index is 13.1. The lowest BCUT2D eigenvalue weighted by molar-refractivity contribution is 0.0683. The fourth-order valence-corrected chi connectivity index (χ4v) is 4.31. The van der Waals surface area contributed by atoms with Crippen LogP contribution in [0.15, 0.2) is 42.7 Å². The average Bonchev–Trinajstić information content (AvgIpc) is 3.40. The summed E-state index contributed by atoms with van der Waals surface area (Å²) < 4.78 is 2.00. The topological polar surface area (TPSA) is 50.2 Å². The minimum atomic E-state index is 0.220. The largest absolute Gasteiger partial charge is 0.339 e. The highest BCUT2D eigenvalue weighted by atomic mass is 16.2. The molecule has 1 aromatic heterocycles. The summed E-state index contributed by atoms with van der Waals surface area (Å²) in [4.78, 5) is 15.2. The van der Waals surface area contributed by atoms with Gasteiger partial charge in [0.05, 0.1) is 0 Å². The zero-order chi connectivity index (χ0) is 17.8. The Labute approximate surface area is 155 Å². The number of aromatic nitrogens is 2. The highest BCUT2D eigenvalue weighted by molar-refractivity contribution is 5.96. The van der Waals surface area contributed by atoms with Crippen LogP contribution in [-0.4, -0.2) is 46.8 Å². The van der Waals surface area contributed by atoms with E-state index in [2.05, 4.69) is 27.4 Å². The lowest BCUT2D eigenvalue weighted by atomic mass is 9.90. The zero-order valence-corrected chi connectivity index (χ0v) is 15.3. The van der Waals surface area contributed by atoms with E-state index in [0.29, 0.717) is 11.8 Å². The van der Waals surface area contributed by atoms with Gasteiger partial charge in [-0.1, -0.05) is 18.2 Å². The van der Waals surface area contributed by atoms with Gasteiger partial charge in [0.2, 0.25) is 0 Å². The molecule has 5 nitrogen and oxygen atoms in total. The average molecular weight is 352 g/mol. The molecule has 5 heteroatoms. The Kier molecular flexibility index (Phi) is 5.34. The van der Waals surface area contributed by atoms with Crippen LogP contribution in [0.2, 0.25) is 0 Å². The summed E-state index contributed by atoms with van der Waals surface area (Å²) in [6, 6.07) is 10.2. The summed E-state index contributed by atoms with van der Waals surface area (Å²) in [5.41, 5.74) is 2.14. The zero-order valence-electron chi connectivity index (χ0n) is 15.3. The molecule has 2 fully saturated rings. The van der Waals surface area contributed by atoms with Gasteiger partial charge in [-0.2, -0.15) is 5.10 Å². The highest BCUT2D eigenvalue weighted by Crippen LogP contribution is 2.28. The summed E-state index contributed by atoms with van der Waals surface area (Å²) in [5, 5.41) is 7.69. The van der Waals surface area contributed by atoms with E-state index in [-0.39, 0.29) is 5.91 Å². The molecule has 138 valence electrons.